The molecule has 0 spiro atoms. The fourth-order valence-electron chi connectivity index (χ4n) is 3.18. The van der Waals surface area contributed by atoms with Gasteiger partial charge in [-0.05, 0) is 60.4 Å². The first kappa shape index (κ1) is 20.3. The first-order valence-corrected chi connectivity index (χ1v) is 9.86. The summed E-state index contributed by atoms with van der Waals surface area (Å²) in [6, 6.07) is 17.7. The molecule has 0 unspecified atom stereocenters. The van der Waals surface area contributed by atoms with Crippen LogP contribution in [0.2, 0.25) is 0 Å². The van der Waals surface area contributed by atoms with Gasteiger partial charge in [-0.1, -0.05) is 31.0 Å². The third kappa shape index (κ3) is 6.04. The van der Waals surface area contributed by atoms with Crippen molar-refractivity contribution < 1.29 is 9.90 Å². The molecule has 3 rings (SSSR count). The van der Waals surface area contributed by atoms with Crippen LogP contribution in [-0.2, 0) is 4.79 Å². The quantitative estimate of drug-likeness (QED) is 0.378. The van der Waals surface area contributed by atoms with Crippen molar-refractivity contribution in [2.24, 2.45) is 0 Å². The van der Waals surface area contributed by atoms with Crippen LogP contribution in [0, 0.1) is 0 Å². The number of unbranched alkanes of at least 4 members (excludes halogenated alkanes) is 3. The smallest absolute Gasteiger partial charge is 0.303 e. The van der Waals surface area contributed by atoms with Crippen molar-refractivity contribution in [3.05, 3.63) is 67.0 Å². The zero-order valence-corrected chi connectivity index (χ0v) is 16.4. The number of anilines is 3. The Morgan fingerprint density at radius 2 is 1.62 bits per heavy atom. The summed E-state index contributed by atoms with van der Waals surface area (Å²) >= 11 is 0. The van der Waals surface area contributed by atoms with E-state index in [-0.39, 0.29) is 6.42 Å². The number of carboxylic acid groups (broad SMARTS) is 1. The number of carboxylic acids is 1. The van der Waals surface area contributed by atoms with Crippen LogP contribution < -0.4 is 10.6 Å². The lowest BCUT2D eigenvalue weighted by atomic mass is 10.1. The molecule has 2 aromatic heterocycles. The minimum atomic E-state index is -0.733. The summed E-state index contributed by atoms with van der Waals surface area (Å²) in [5, 5.41) is 8.76. The van der Waals surface area contributed by atoms with E-state index in [0.717, 1.165) is 54.3 Å². The molecule has 0 amide bonds. The van der Waals surface area contributed by atoms with Crippen LogP contribution in [0.15, 0.2) is 67.0 Å². The average molecular weight is 390 g/mol. The number of aliphatic carboxylic acids is 1. The Bertz CT molecular complexity index is 914. The van der Waals surface area contributed by atoms with Crippen molar-refractivity contribution in [1.29, 1.82) is 0 Å². The lowest BCUT2D eigenvalue weighted by Crippen LogP contribution is -2.20. The molecule has 0 bridgehead atoms. The van der Waals surface area contributed by atoms with E-state index >= 15 is 0 Å². The second-order valence-electron chi connectivity index (χ2n) is 6.92. The van der Waals surface area contributed by atoms with Gasteiger partial charge in [-0.3, -0.25) is 4.79 Å². The van der Waals surface area contributed by atoms with Gasteiger partial charge in [0.15, 0.2) is 0 Å². The number of benzene rings is 1. The van der Waals surface area contributed by atoms with Gasteiger partial charge in [0.05, 0.1) is 0 Å². The molecule has 0 saturated heterocycles. The molecule has 2 heterocycles. The summed E-state index contributed by atoms with van der Waals surface area (Å²) in [5.74, 6) is 0.951. The fourth-order valence-corrected chi connectivity index (χ4v) is 3.18. The summed E-state index contributed by atoms with van der Waals surface area (Å²) in [6.45, 7) is 0.766. The average Bonchev–Trinajstić information content (AvgIpc) is 2.74. The van der Waals surface area contributed by atoms with Crippen molar-refractivity contribution in [3.8, 4) is 11.1 Å². The Balaban J connectivity index is 1.75. The van der Waals surface area contributed by atoms with Gasteiger partial charge in [0.25, 0.3) is 0 Å². The highest BCUT2D eigenvalue weighted by Crippen LogP contribution is 2.27. The molecular weight excluding hydrogens is 364 g/mol. The molecule has 0 aliphatic rings. The molecule has 0 aliphatic carbocycles. The third-order valence-corrected chi connectivity index (χ3v) is 4.71. The lowest BCUT2D eigenvalue weighted by Gasteiger charge is -2.23. The molecule has 0 atom stereocenters. The SMILES string of the molecule is Nc1ccc(-c2ccnc(N(CCCCCCC(=O)O)c3ccccn3)c2)cc1. The Kier molecular flexibility index (Phi) is 7.16. The van der Waals surface area contributed by atoms with Gasteiger partial charge in [0.2, 0.25) is 0 Å². The van der Waals surface area contributed by atoms with Gasteiger partial charge in [0.1, 0.15) is 11.6 Å². The van der Waals surface area contributed by atoms with Gasteiger partial charge in [-0.25, -0.2) is 9.97 Å². The molecule has 0 fully saturated rings. The van der Waals surface area contributed by atoms with Crippen LogP contribution in [-0.4, -0.2) is 27.6 Å². The molecule has 0 aliphatic heterocycles. The number of hydrogen-bond acceptors (Lipinski definition) is 5. The molecule has 3 aromatic rings. The fraction of sp³-hybridized carbons (Fsp3) is 0.261. The molecule has 3 N–H and O–H groups in total. The zero-order valence-electron chi connectivity index (χ0n) is 16.4. The first-order chi connectivity index (χ1) is 14.1. The minimum absolute atomic E-state index is 0.231. The van der Waals surface area contributed by atoms with E-state index in [1.807, 2.05) is 54.7 Å². The summed E-state index contributed by atoms with van der Waals surface area (Å²) in [6.07, 6.45) is 7.33. The standard InChI is InChI=1S/C23H26N4O2/c24-20-11-9-18(10-12-20)19-13-15-26-22(17-19)27(21-7-4-5-14-25-21)16-6-2-1-3-8-23(28)29/h4-5,7,9-15,17H,1-3,6,8,16,24H2,(H,28,29). The van der Waals surface area contributed by atoms with Crippen molar-refractivity contribution in [3.63, 3.8) is 0 Å². The first-order valence-electron chi connectivity index (χ1n) is 9.86. The largest absolute Gasteiger partial charge is 0.481 e. The van der Waals surface area contributed by atoms with E-state index < -0.39 is 5.97 Å². The summed E-state index contributed by atoms with van der Waals surface area (Å²) in [7, 11) is 0. The van der Waals surface area contributed by atoms with Crippen molar-refractivity contribution in [2.45, 2.75) is 32.1 Å². The van der Waals surface area contributed by atoms with E-state index in [0.29, 0.717) is 6.42 Å². The van der Waals surface area contributed by atoms with Gasteiger partial charge in [-0.2, -0.15) is 0 Å². The van der Waals surface area contributed by atoms with Crippen LogP contribution >= 0.6 is 0 Å². The number of aromatic nitrogens is 2. The molecule has 6 heteroatoms. The lowest BCUT2D eigenvalue weighted by molar-refractivity contribution is -0.137. The Morgan fingerprint density at radius 3 is 2.34 bits per heavy atom. The van der Waals surface area contributed by atoms with Crippen molar-refractivity contribution in [1.82, 2.24) is 9.97 Å². The second kappa shape index (κ2) is 10.2. The summed E-state index contributed by atoms with van der Waals surface area (Å²) in [5.41, 5.74) is 8.69. The highest BCUT2D eigenvalue weighted by molar-refractivity contribution is 5.70. The molecule has 6 nitrogen and oxygen atoms in total. The number of nitrogens with two attached hydrogens (primary N) is 1. The van der Waals surface area contributed by atoms with Gasteiger partial charge in [0, 0.05) is 31.0 Å². The number of pyridine rings is 2. The van der Waals surface area contributed by atoms with Crippen LogP contribution in [0.25, 0.3) is 11.1 Å². The topological polar surface area (TPSA) is 92.3 Å². The zero-order chi connectivity index (χ0) is 20.5. The third-order valence-electron chi connectivity index (χ3n) is 4.71. The molecule has 1 aromatic carbocycles. The van der Waals surface area contributed by atoms with E-state index in [4.69, 9.17) is 10.8 Å². The predicted molar refractivity (Wildman–Crippen MR) is 116 cm³/mol. The van der Waals surface area contributed by atoms with Gasteiger partial charge in [-0.15, -0.1) is 0 Å². The van der Waals surface area contributed by atoms with Crippen molar-refractivity contribution >= 4 is 23.3 Å². The van der Waals surface area contributed by atoms with Gasteiger partial charge < -0.3 is 15.7 Å². The number of rotatable bonds is 10. The molecule has 0 saturated carbocycles. The number of carbonyl (C=O) groups is 1. The monoisotopic (exact) mass is 390 g/mol. The molecule has 0 radical (unpaired) electrons. The van der Waals surface area contributed by atoms with E-state index in [1.54, 1.807) is 6.20 Å². The number of nitrogens with zero attached hydrogens (tertiary/aromatic N) is 3. The van der Waals surface area contributed by atoms with Crippen molar-refractivity contribution in [2.75, 3.05) is 17.2 Å². The predicted octanol–water partition coefficient (Wildman–Crippen LogP) is 4.90. The maximum absolute atomic E-state index is 10.6. The van der Waals surface area contributed by atoms with Crippen LogP contribution in [0.4, 0.5) is 17.3 Å². The highest BCUT2D eigenvalue weighted by atomic mass is 16.4. The number of nitrogen functional groups attached to an aromatic ring is 1. The van der Waals surface area contributed by atoms with E-state index in [9.17, 15) is 4.79 Å². The molecule has 29 heavy (non-hydrogen) atoms. The van der Waals surface area contributed by atoms with Gasteiger partial charge >= 0.3 is 5.97 Å². The minimum Gasteiger partial charge on any atom is -0.481 e. The van der Waals surface area contributed by atoms with Crippen LogP contribution in [0.3, 0.4) is 0 Å². The van der Waals surface area contributed by atoms with Crippen LogP contribution in [0.1, 0.15) is 32.1 Å². The second-order valence-corrected chi connectivity index (χ2v) is 6.92. The Morgan fingerprint density at radius 1 is 0.862 bits per heavy atom. The Labute approximate surface area is 171 Å². The number of hydrogen-bond donors (Lipinski definition) is 2. The summed E-state index contributed by atoms with van der Waals surface area (Å²) < 4.78 is 0. The molecule has 150 valence electrons. The van der Waals surface area contributed by atoms with E-state index in [1.165, 1.54) is 0 Å². The maximum Gasteiger partial charge on any atom is 0.303 e. The molecular formula is C23H26N4O2. The Hall–Kier alpha value is -3.41. The maximum atomic E-state index is 10.6. The van der Waals surface area contributed by atoms with E-state index in [2.05, 4.69) is 20.9 Å². The highest BCUT2D eigenvalue weighted by Gasteiger charge is 2.13. The van der Waals surface area contributed by atoms with Crippen LogP contribution in [0.5, 0.6) is 0 Å². The normalized spacial score (nSPS) is 10.6. The summed E-state index contributed by atoms with van der Waals surface area (Å²) in [4.78, 5) is 21.8.